The van der Waals surface area contributed by atoms with Gasteiger partial charge in [0.1, 0.15) is 0 Å². The van der Waals surface area contributed by atoms with Crippen LogP contribution in [0.15, 0.2) is 24.4 Å². The summed E-state index contributed by atoms with van der Waals surface area (Å²) in [5, 5.41) is 0.824. The lowest BCUT2D eigenvalue weighted by Gasteiger charge is -1.92. The van der Waals surface area contributed by atoms with E-state index >= 15 is 0 Å². The summed E-state index contributed by atoms with van der Waals surface area (Å²) in [5.74, 6) is -0.475. The zero-order chi connectivity index (χ0) is 7.68. The maximum absolute atomic E-state index is 12.5. The highest BCUT2D eigenvalue weighted by Crippen LogP contribution is 2.08. The standard InChI is InChI=1S/C8H4FN2/c9-8-2-1-6-5-10-4-3-7(6)11-8/h1-3,5H. The Kier molecular flexibility index (Phi) is 1.28. The van der Waals surface area contributed by atoms with Crippen molar-refractivity contribution in [2.24, 2.45) is 0 Å². The third-order valence-corrected chi connectivity index (χ3v) is 1.40. The Hall–Kier alpha value is -1.51. The maximum Gasteiger partial charge on any atom is 0.213 e. The van der Waals surface area contributed by atoms with E-state index in [1.54, 1.807) is 18.3 Å². The maximum atomic E-state index is 12.5. The minimum Gasteiger partial charge on any atom is -0.254 e. The number of aromatic nitrogens is 2. The van der Waals surface area contributed by atoms with E-state index in [9.17, 15) is 4.39 Å². The fraction of sp³-hybridized carbons (Fsp3) is 0. The normalized spacial score (nSPS) is 10.3. The van der Waals surface area contributed by atoms with Gasteiger partial charge in [-0.25, -0.2) is 4.98 Å². The van der Waals surface area contributed by atoms with E-state index in [1.807, 2.05) is 0 Å². The van der Waals surface area contributed by atoms with Crippen LogP contribution in [-0.4, -0.2) is 9.97 Å². The Morgan fingerprint density at radius 2 is 2.27 bits per heavy atom. The summed E-state index contributed by atoms with van der Waals surface area (Å²) in [4.78, 5) is 7.39. The average molecular weight is 147 g/mol. The number of halogens is 1. The number of pyridine rings is 2. The van der Waals surface area contributed by atoms with Crippen LogP contribution in [0.5, 0.6) is 0 Å². The first-order chi connectivity index (χ1) is 5.36. The molecule has 0 fully saturated rings. The molecule has 2 aromatic rings. The second-order valence-electron chi connectivity index (χ2n) is 2.14. The Morgan fingerprint density at radius 1 is 1.36 bits per heavy atom. The van der Waals surface area contributed by atoms with Crippen LogP contribution in [-0.2, 0) is 0 Å². The van der Waals surface area contributed by atoms with Gasteiger partial charge in [0, 0.05) is 11.6 Å². The zero-order valence-electron chi connectivity index (χ0n) is 5.58. The van der Waals surface area contributed by atoms with E-state index in [0.29, 0.717) is 5.52 Å². The molecule has 0 aromatic carbocycles. The third kappa shape index (κ3) is 1.05. The molecule has 0 aliphatic rings. The number of hydrogen-bond donors (Lipinski definition) is 0. The summed E-state index contributed by atoms with van der Waals surface area (Å²) < 4.78 is 12.5. The Bertz CT molecular complexity index is 387. The second kappa shape index (κ2) is 2.27. The molecule has 2 rings (SSSR count). The molecule has 0 N–H and O–H groups in total. The lowest BCUT2D eigenvalue weighted by Crippen LogP contribution is -1.83. The largest absolute Gasteiger partial charge is 0.254 e. The van der Waals surface area contributed by atoms with Crippen molar-refractivity contribution in [3.05, 3.63) is 36.5 Å². The molecule has 0 saturated heterocycles. The molecule has 2 heterocycles. The van der Waals surface area contributed by atoms with Crippen molar-refractivity contribution in [2.45, 2.75) is 0 Å². The van der Waals surface area contributed by atoms with Crippen LogP contribution in [0, 0.1) is 12.1 Å². The predicted octanol–water partition coefficient (Wildman–Crippen LogP) is 1.57. The van der Waals surface area contributed by atoms with E-state index < -0.39 is 5.95 Å². The smallest absolute Gasteiger partial charge is 0.213 e. The van der Waals surface area contributed by atoms with Gasteiger partial charge >= 0.3 is 0 Å². The first-order valence-corrected chi connectivity index (χ1v) is 3.14. The molecule has 0 aliphatic carbocycles. The van der Waals surface area contributed by atoms with Gasteiger partial charge in [-0.1, -0.05) is 0 Å². The van der Waals surface area contributed by atoms with Crippen LogP contribution in [0.25, 0.3) is 10.9 Å². The molecule has 53 valence electrons. The van der Waals surface area contributed by atoms with E-state index in [1.165, 1.54) is 6.07 Å². The van der Waals surface area contributed by atoms with Gasteiger partial charge in [-0.2, -0.15) is 4.39 Å². The first kappa shape index (κ1) is 6.22. The summed E-state index contributed by atoms with van der Waals surface area (Å²) in [6, 6.07) is 4.50. The van der Waals surface area contributed by atoms with Gasteiger partial charge < -0.3 is 0 Å². The van der Waals surface area contributed by atoms with Gasteiger partial charge in [0.05, 0.1) is 11.7 Å². The van der Waals surface area contributed by atoms with Gasteiger partial charge in [-0.05, 0) is 18.2 Å². The molecule has 11 heavy (non-hydrogen) atoms. The van der Waals surface area contributed by atoms with E-state index in [0.717, 1.165) is 5.39 Å². The van der Waals surface area contributed by atoms with Crippen LogP contribution in [0.3, 0.4) is 0 Å². The molecule has 0 spiro atoms. The Labute approximate surface area is 62.7 Å². The van der Waals surface area contributed by atoms with Crippen LogP contribution >= 0.6 is 0 Å². The van der Waals surface area contributed by atoms with Crippen molar-refractivity contribution in [2.75, 3.05) is 0 Å². The predicted molar refractivity (Wildman–Crippen MR) is 38.3 cm³/mol. The molecule has 0 bridgehead atoms. The fourth-order valence-corrected chi connectivity index (χ4v) is 0.891. The summed E-state index contributed by atoms with van der Waals surface area (Å²) in [7, 11) is 0. The molecule has 1 radical (unpaired) electrons. The van der Waals surface area contributed by atoms with Crippen molar-refractivity contribution in [1.82, 2.24) is 9.97 Å². The third-order valence-electron chi connectivity index (χ3n) is 1.40. The molecule has 0 amide bonds. The Balaban J connectivity index is 2.83. The molecular formula is C8H4FN2. The summed E-state index contributed by atoms with van der Waals surface area (Å²) in [5.41, 5.74) is 0.583. The number of fused-ring (bicyclic) bond motifs is 1. The van der Waals surface area contributed by atoms with Crippen LogP contribution in [0.1, 0.15) is 0 Å². The lowest BCUT2D eigenvalue weighted by atomic mass is 10.3. The van der Waals surface area contributed by atoms with E-state index in [2.05, 4.69) is 16.2 Å². The summed E-state index contributed by atoms with van der Waals surface area (Å²) in [6.07, 6.45) is 4.18. The van der Waals surface area contributed by atoms with Crippen LogP contribution in [0.4, 0.5) is 4.39 Å². The summed E-state index contributed by atoms with van der Waals surface area (Å²) in [6.45, 7) is 0. The van der Waals surface area contributed by atoms with Crippen molar-refractivity contribution < 1.29 is 4.39 Å². The minimum atomic E-state index is -0.475. The van der Waals surface area contributed by atoms with Crippen LogP contribution in [0.2, 0.25) is 0 Å². The monoisotopic (exact) mass is 147 g/mol. The Morgan fingerprint density at radius 3 is 3.18 bits per heavy atom. The van der Waals surface area contributed by atoms with Crippen molar-refractivity contribution in [3.8, 4) is 0 Å². The minimum absolute atomic E-state index is 0.475. The van der Waals surface area contributed by atoms with Crippen molar-refractivity contribution in [3.63, 3.8) is 0 Å². The van der Waals surface area contributed by atoms with E-state index in [-0.39, 0.29) is 0 Å². The molecule has 3 heteroatoms. The first-order valence-electron chi connectivity index (χ1n) is 3.14. The lowest BCUT2D eigenvalue weighted by molar-refractivity contribution is 0.589. The van der Waals surface area contributed by atoms with Crippen molar-refractivity contribution in [1.29, 1.82) is 0 Å². The molecule has 0 aliphatic heterocycles. The molecule has 0 unspecified atom stereocenters. The molecular weight excluding hydrogens is 143 g/mol. The molecule has 2 nitrogen and oxygen atoms in total. The van der Waals surface area contributed by atoms with E-state index in [4.69, 9.17) is 0 Å². The van der Waals surface area contributed by atoms with Gasteiger partial charge in [-0.15, -0.1) is 0 Å². The number of rotatable bonds is 0. The quantitative estimate of drug-likeness (QED) is 0.528. The molecule has 2 aromatic heterocycles. The second-order valence-corrected chi connectivity index (χ2v) is 2.14. The molecule has 0 saturated carbocycles. The fourth-order valence-electron chi connectivity index (χ4n) is 0.891. The van der Waals surface area contributed by atoms with Gasteiger partial charge in [0.15, 0.2) is 0 Å². The molecule has 0 atom stereocenters. The summed E-state index contributed by atoms with van der Waals surface area (Å²) >= 11 is 0. The average Bonchev–Trinajstić information content (AvgIpc) is 2.04. The van der Waals surface area contributed by atoms with Gasteiger partial charge in [0.2, 0.25) is 5.95 Å². The van der Waals surface area contributed by atoms with Gasteiger partial charge in [-0.3, -0.25) is 4.98 Å². The van der Waals surface area contributed by atoms with Crippen LogP contribution < -0.4 is 0 Å². The zero-order valence-corrected chi connectivity index (χ0v) is 5.58. The highest BCUT2D eigenvalue weighted by Gasteiger charge is 1.94. The number of hydrogen-bond acceptors (Lipinski definition) is 2. The van der Waals surface area contributed by atoms with Gasteiger partial charge in [0.25, 0.3) is 0 Å². The topological polar surface area (TPSA) is 25.8 Å². The number of nitrogens with zero attached hydrogens (tertiary/aromatic N) is 2. The SMILES string of the molecule is Fc1ccc2cn[c]cc2n1. The highest BCUT2D eigenvalue weighted by molar-refractivity contribution is 5.76. The highest BCUT2D eigenvalue weighted by atomic mass is 19.1. The van der Waals surface area contributed by atoms with Crippen molar-refractivity contribution >= 4 is 10.9 Å².